The highest BCUT2D eigenvalue weighted by Gasteiger charge is 2.18. The Balaban J connectivity index is 1.83. The molecular weight excluding hydrogens is 284 g/mol. The third-order valence-corrected chi connectivity index (χ3v) is 5.76. The fraction of sp³-hybridized carbons (Fsp3) is 0.625. The van der Waals surface area contributed by atoms with E-state index in [0.717, 1.165) is 12.1 Å². The minimum Gasteiger partial charge on any atom is -0.302 e. The summed E-state index contributed by atoms with van der Waals surface area (Å²) in [4.78, 5) is 2.63. The fourth-order valence-electron chi connectivity index (χ4n) is 2.86. The third-order valence-electron chi connectivity index (χ3n) is 4.29. The Bertz CT molecular complexity index is 534. The molecule has 1 saturated carbocycles. The zero-order chi connectivity index (χ0) is 15.3. The van der Waals surface area contributed by atoms with Gasteiger partial charge in [-0.3, -0.25) is 0 Å². The van der Waals surface area contributed by atoms with Crippen LogP contribution < -0.4 is 4.72 Å². The predicted octanol–water partition coefficient (Wildman–Crippen LogP) is 2.54. The van der Waals surface area contributed by atoms with Crippen molar-refractivity contribution in [2.24, 2.45) is 0 Å². The predicted molar refractivity (Wildman–Crippen MR) is 85.9 cm³/mol. The summed E-state index contributed by atoms with van der Waals surface area (Å²) in [5.74, 6) is 0. The number of hydrogen-bond donors (Lipinski definition) is 1. The molecule has 0 aromatic heterocycles. The number of sulfonamides is 1. The molecule has 1 N–H and O–H groups in total. The summed E-state index contributed by atoms with van der Waals surface area (Å²) >= 11 is 0. The molecule has 1 aromatic carbocycles. The summed E-state index contributed by atoms with van der Waals surface area (Å²) in [6.07, 6.45) is 6.40. The molecule has 0 spiro atoms. The molecule has 1 aliphatic carbocycles. The second-order valence-corrected chi connectivity index (χ2v) is 7.75. The molecular formula is C16H26N2O2S. The van der Waals surface area contributed by atoms with Crippen LogP contribution in [-0.4, -0.2) is 39.5 Å². The molecule has 0 saturated heterocycles. The Hall–Kier alpha value is -0.910. The van der Waals surface area contributed by atoms with Gasteiger partial charge in [-0.2, -0.15) is 0 Å². The van der Waals surface area contributed by atoms with Crippen molar-refractivity contribution in [2.45, 2.75) is 50.0 Å². The van der Waals surface area contributed by atoms with Crippen LogP contribution in [0.5, 0.6) is 0 Å². The SMILES string of the molecule is Cc1ccc(S(=O)(=O)NCCN(C)C2CCCCC2)cc1. The average Bonchev–Trinajstić information content (AvgIpc) is 2.48. The van der Waals surface area contributed by atoms with Crippen molar-refractivity contribution in [3.63, 3.8) is 0 Å². The standard InChI is InChI=1S/C16H26N2O2S/c1-14-8-10-16(11-9-14)21(19,20)17-12-13-18(2)15-6-4-3-5-7-15/h8-11,15,17H,3-7,12-13H2,1-2H3. The first-order valence-corrected chi connectivity index (χ1v) is 9.24. The molecule has 21 heavy (non-hydrogen) atoms. The van der Waals surface area contributed by atoms with Crippen molar-refractivity contribution < 1.29 is 8.42 Å². The second-order valence-electron chi connectivity index (χ2n) is 5.98. The van der Waals surface area contributed by atoms with Crippen molar-refractivity contribution >= 4 is 10.0 Å². The van der Waals surface area contributed by atoms with Gasteiger partial charge >= 0.3 is 0 Å². The lowest BCUT2D eigenvalue weighted by atomic mass is 9.94. The smallest absolute Gasteiger partial charge is 0.240 e. The number of nitrogens with one attached hydrogen (secondary N) is 1. The van der Waals surface area contributed by atoms with Crippen LogP contribution >= 0.6 is 0 Å². The maximum Gasteiger partial charge on any atom is 0.240 e. The van der Waals surface area contributed by atoms with Crippen LogP contribution in [0, 0.1) is 6.92 Å². The van der Waals surface area contributed by atoms with Gasteiger partial charge in [0.05, 0.1) is 4.90 Å². The Morgan fingerprint density at radius 2 is 1.76 bits per heavy atom. The molecule has 1 fully saturated rings. The molecule has 0 heterocycles. The summed E-state index contributed by atoms with van der Waals surface area (Å²) in [6, 6.07) is 7.57. The molecule has 0 bridgehead atoms. The van der Waals surface area contributed by atoms with Crippen LogP contribution in [0.3, 0.4) is 0 Å². The van der Waals surface area contributed by atoms with Gasteiger partial charge in [-0.15, -0.1) is 0 Å². The zero-order valence-corrected chi connectivity index (χ0v) is 13.8. The minimum absolute atomic E-state index is 0.341. The highest BCUT2D eigenvalue weighted by atomic mass is 32.2. The van der Waals surface area contributed by atoms with Gasteiger partial charge in [0.1, 0.15) is 0 Å². The van der Waals surface area contributed by atoms with E-state index in [1.54, 1.807) is 12.1 Å². The maximum absolute atomic E-state index is 12.2. The molecule has 0 radical (unpaired) electrons. The molecule has 118 valence electrons. The second kappa shape index (κ2) is 7.38. The highest BCUT2D eigenvalue weighted by Crippen LogP contribution is 2.21. The normalized spacial score (nSPS) is 17.3. The summed E-state index contributed by atoms with van der Waals surface area (Å²) < 4.78 is 27.0. The maximum atomic E-state index is 12.2. The van der Waals surface area contributed by atoms with Crippen molar-refractivity contribution in [3.05, 3.63) is 29.8 Å². The Kier molecular flexibility index (Phi) is 5.79. The van der Waals surface area contributed by atoms with Gasteiger partial charge in [0.25, 0.3) is 0 Å². The number of benzene rings is 1. The topological polar surface area (TPSA) is 49.4 Å². The Morgan fingerprint density at radius 3 is 2.38 bits per heavy atom. The van der Waals surface area contributed by atoms with E-state index >= 15 is 0 Å². The van der Waals surface area contributed by atoms with Crippen LogP contribution in [0.1, 0.15) is 37.7 Å². The average molecular weight is 310 g/mol. The molecule has 0 amide bonds. The summed E-state index contributed by atoms with van der Waals surface area (Å²) in [6.45, 7) is 3.17. The lowest BCUT2D eigenvalue weighted by Crippen LogP contribution is -2.39. The molecule has 5 heteroatoms. The quantitative estimate of drug-likeness (QED) is 0.878. The first-order valence-electron chi connectivity index (χ1n) is 7.75. The zero-order valence-electron chi connectivity index (χ0n) is 13.0. The van der Waals surface area contributed by atoms with Crippen LogP contribution in [-0.2, 0) is 10.0 Å². The van der Waals surface area contributed by atoms with E-state index in [0.29, 0.717) is 17.5 Å². The molecule has 4 nitrogen and oxygen atoms in total. The van der Waals surface area contributed by atoms with Crippen molar-refractivity contribution in [1.82, 2.24) is 9.62 Å². The van der Waals surface area contributed by atoms with Crippen LogP contribution in [0.25, 0.3) is 0 Å². The van der Waals surface area contributed by atoms with Crippen LogP contribution in [0.15, 0.2) is 29.2 Å². The van der Waals surface area contributed by atoms with E-state index in [1.807, 2.05) is 19.1 Å². The summed E-state index contributed by atoms with van der Waals surface area (Å²) in [5, 5.41) is 0. The Labute approximate surface area is 128 Å². The lowest BCUT2D eigenvalue weighted by molar-refractivity contribution is 0.195. The molecule has 0 atom stereocenters. The third kappa shape index (κ3) is 4.80. The lowest BCUT2D eigenvalue weighted by Gasteiger charge is -2.31. The number of hydrogen-bond acceptors (Lipinski definition) is 3. The van der Waals surface area contributed by atoms with E-state index in [-0.39, 0.29) is 0 Å². The molecule has 2 rings (SSSR count). The minimum atomic E-state index is -3.38. The van der Waals surface area contributed by atoms with Gasteiger partial charge in [0, 0.05) is 19.1 Å². The number of aryl methyl sites for hydroxylation is 1. The first-order chi connectivity index (χ1) is 9.99. The van der Waals surface area contributed by atoms with Gasteiger partial charge in [-0.1, -0.05) is 37.0 Å². The van der Waals surface area contributed by atoms with Crippen LogP contribution in [0.2, 0.25) is 0 Å². The van der Waals surface area contributed by atoms with Crippen molar-refractivity contribution in [1.29, 1.82) is 0 Å². The number of nitrogens with zero attached hydrogens (tertiary/aromatic N) is 1. The molecule has 0 aliphatic heterocycles. The molecule has 1 aromatic rings. The van der Waals surface area contributed by atoms with E-state index in [4.69, 9.17) is 0 Å². The van der Waals surface area contributed by atoms with Gasteiger partial charge in [0.15, 0.2) is 0 Å². The first kappa shape index (κ1) is 16.5. The van der Waals surface area contributed by atoms with E-state index < -0.39 is 10.0 Å². The van der Waals surface area contributed by atoms with Crippen molar-refractivity contribution in [3.8, 4) is 0 Å². The van der Waals surface area contributed by atoms with E-state index in [9.17, 15) is 8.42 Å². The monoisotopic (exact) mass is 310 g/mol. The van der Waals surface area contributed by atoms with Gasteiger partial charge in [-0.25, -0.2) is 13.1 Å². The van der Waals surface area contributed by atoms with E-state index in [2.05, 4.69) is 16.7 Å². The van der Waals surface area contributed by atoms with Crippen LogP contribution in [0.4, 0.5) is 0 Å². The number of likely N-dealkylation sites (N-methyl/N-ethyl adjacent to an activating group) is 1. The largest absolute Gasteiger partial charge is 0.302 e. The highest BCUT2D eigenvalue weighted by molar-refractivity contribution is 7.89. The van der Waals surface area contributed by atoms with Gasteiger partial charge in [-0.05, 0) is 38.9 Å². The van der Waals surface area contributed by atoms with Gasteiger partial charge in [0.2, 0.25) is 10.0 Å². The van der Waals surface area contributed by atoms with Gasteiger partial charge < -0.3 is 4.90 Å². The van der Waals surface area contributed by atoms with E-state index in [1.165, 1.54) is 32.1 Å². The fourth-order valence-corrected chi connectivity index (χ4v) is 3.88. The summed E-state index contributed by atoms with van der Waals surface area (Å²) in [5.41, 5.74) is 1.06. The van der Waals surface area contributed by atoms with Crippen molar-refractivity contribution in [2.75, 3.05) is 20.1 Å². The number of rotatable bonds is 6. The molecule has 1 aliphatic rings. The Morgan fingerprint density at radius 1 is 1.14 bits per heavy atom. The molecule has 0 unspecified atom stereocenters. The summed E-state index contributed by atoms with van der Waals surface area (Å²) in [7, 11) is -1.29.